The van der Waals surface area contributed by atoms with Crippen LogP contribution in [0.4, 0.5) is 0 Å². The summed E-state index contributed by atoms with van der Waals surface area (Å²) in [6, 6.07) is 10.0. The van der Waals surface area contributed by atoms with E-state index >= 15 is 0 Å². The van der Waals surface area contributed by atoms with Gasteiger partial charge in [0.05, 0.1) is 23.0 Å². The number of amides is 1. The summed E-state index contributed by atoms with van der Waals surface area (Å²) in [6.07, 6.45) is 6.72. The molecule has 1 atom stereocenters. The van der Waals surface area contributed by atoms with E-state index in [1.165, 1.54) is 17.5 Å². The highest BCUT2D eigenvalue weighted by Gasteiger charge is 2.34. The highest BCUT2D eigenvalue weighted by molar-refractivity contribution is 7.99. The van der Waals surface area contributed by atoms with Crippen molar-refractivity contribution in [2.75, 3.05) is 23.8 Å². The maximum absolute atomic E-state index is 13.2. The van der Waals surface area contributed by atoms with E-state index in [-0.39, 0.29) is 29.2 Å². The lowest BCUT2D eigenvalue weighted by atomic mass is 10.0. The number of fused-ring (bicyclic) bond motifs is 1. The number of para-hydroxylation sites is 1. The van der Waals surface area contributed by atoms with E-state index in [0.717, 1.165) is 55.1 Å². The van der Waals surface area contributed by atoms with Crippen LogP contribution in [0.15, 0.2) is 35.5 Å². The summed E-state index contributed by atoms with van der Waals surface area (Å²) in [6.45, 7) is 2.71. The van der Waals surface area contributed by atoms with Gasteiger partial charge >= 0.3 is 0 Å². The lowest BCUT2D eigenvalue weighted by molar-refractivity contribution is -0.130. The summed E-state index contributed by atoms with van der Waals surface area (Å²) >= 11 is 1.48. The molecule has 168 valence electrons. The fraction of sp³-hybridized carbons (Fsp3) is 0.565. The standard InChI is InChI=1S/C23H31N3O3S2/c1-2-3-14-25(19-13-15-31(28,29)17-19)22(27)16-30-23-24-20-11-7-8-12-21(20)26(23)18-9-5-4-6-10-18/h4-6,9-10,19H,2-3,7-8,11-17H2,1H3. The summed E-state index contributed by atoms with van der Waals surface area (Å²) in [7, 11) is -3.03. The van der Waals surface area contributed by atoms with E-state index in [4.69, 9.17) is 4.98 Å². The molecule has 1 unspecified atom stereocenters. The Morgan fingerprint density at radius 2 is 2.00 bits per heavy atom. The molecule has 1 aliphatic carbocycles. The molecule has 2 aliphatic rings. The quantitative estimate of drug-likeness (QED) is 0.561. The fourth-order valence-corrected chi connectivity index (χ4v) is 7.19. The molecule has 1 aromatic carbocycles. The number of aryl methyl sites for hydroxylation is 1. The number of sulfone groups is 1. The second-order valence-electron chi connectivity index (χ2n) is 8.45. The minimum Gasteiger partial charge on any atom is -0.338 e. The number of hydrogen-bond donors (Lipinski definition) is 0. The average Bonchev–Trinajstić information content (AvgIpc) is 3.32. The van der Waals surface area contributed by atoms with Crippen LogP contribution in [0.2, 0.25) is 0 Å². The predicted octanol–water partition coefficient (Wildman–Crippen LogP) is 3.66. The number of unbranched alkanes of at least 4 members (excludes halogenated alkanes) is 1. The molecular weight excluding hydrogens is 430 g/mol. The Hall–Kier alpha value is -1.80. The SMILES string of the molecule is CCCCN(C(=O)CSc1nc2c(n1-c1ccccc1)CCCC2)C1CCS(=O)(=O)C1. The van der Waals surface area contributed by atoms with Gasteiger partial charge in [0.2, 0.25) is 5.91 Å². The third kappa shape index (κ3) is 5.17. The third-order valence-electron chi connectivity index (χ3n) is 6.16. The van der Waals surface area contributed by atoms with Gasteiger partial charge in [-0.3, -0.25) is 9.36 Å². The number of hydrogen-bond acceptors (Lipinski definition) is 5. The van der Waals surface area contributed by atoms with Crippen LogP contribution >= 0.6 is 11.8 Å². The maximum atomic E-state index is 13.2. The molecule has 6 nitrogen and oxygen atoms in total. The first-order valence-corrected chi connectivity index (χ1v) is 14.1. The van der Waals surface area contributed by atoms with Gasteiger partial charge in [-0.1, -0.05) is 43.3 Å². The van der Waals surface area contributed by atoms with Gasteiger partial charge in [-0.15, -0.1) is 0 Å². The smallest absolute Gasteiger partial charge is 0.233 e. The van der Waals surface area contributed by atoms with Crippen molar-refractivity contribution in [1.29, 1.82) is 0 Å². The van der Waals surface area contributed by atoms with Gasteiger partial charge < -0.3 is 4.90 Å². The van der Waals surface area contributed by atoms with Gasteiger partial charge in [-0.05, 0) is 50.7 Å². The molecule has 8 heteroatoms. The Labute approximate surface area is 189 Å². The fourth-order valence-electron chi connectivity index (χ4n) is 4.53. The monoisotopic (exact) mass is 461 g/mol. The van der Waals surface area contributed by atoms with Crippen LogP contribution in [-0.2, 0) is 27.5 Å². The van der Waals surface area contributed by atoms with Gasteiger partial charge in [0.25, 0.3) is 0 Å². The van der Waals surface area contributed by atoms with E-state index in [1.807, 2.05) is 23.1 Å². The molecule has 1 saturated heterocycles. The molecule has 2 heterocycles. The van der Waals surface area contributed by atoms with Crippen molar-refractivity contribution >= 4 is 27.5 Å². The number of carbonyl (C=O) groups excluding carboxylic acids is 1. The molecule has 1 aromatic heterocycles. The van der Waals surface area contributed by atoms with E-state index in [1.54, 1.807) is 0 Å². The second kappa shape index (κ2) is 9.77. The first-order chi connectivity index (χ1) is 15.0. The molecule has 1 amide bonds. The molecule has 0 saturated carbocycles. The lowest BCUT2D eigenvalue weighted by Gasteiger charge is -2.28. The Morgan fingerprint density at radius 1 is 1.23 bits per heavy atom. The normalized spacial score (nSPS) is 19.8. The number of imidazole rings is 1. The number of aromatic nitrogens is 2. The van der Waals surface area contributed by atoms with Crippen LogP contribution in [0, 0.1) is 0 Å². The van der Waals surface area contributed by atoms with E-state index in [0.29, 0.717) is 13.0 Å². The van der Waals surface area contributed by atoms with Crippen molar-refractivity contribution in [3.05, 3.63) is 41.7 Å². The maximum Gasteiger partial charge on any atom is 0.233 e. The van der Waals surface area contributed by atoms with Gasteiger partial charge in [-0.25, -0.2) is 13.4 Å². The molecule has 1 aliphatic heterocycles. The van der Waals surface area contributed by atoms with Crippen LogP contribution in [0.25, 0.3) is 5.69 Å². The summed E-state index contributed by atoms with van der Waals surface area (Å²) in [5.41, 5.74) is 3.49. The topological polar surface area (TPSA) is 72.3 Å². The zero-order valence-corrected chi connectivity index (χ0v) is 19.8. The van der Waals surface area contributed by atoms with Crippen molar-refractivity contribution in [1.82, 2.24) is 14.5 Å². The third-order valence-corrected chi connectivity index (χ3v) is 8.84. The predicted molar refractivity (Wildman–Crippen MR) is 125 cm³/mol. The highest BCUT2D eigenvalue weighted by atomic mass is 32.2. The van der Waals surface area contributed by atoms with E-state index in [2.05, 4.69) is 23.6 Å². The first kappa shape index (κ1) is 22.4. The molecule has 0 bridgehead atoms. The number of nitrogens with zero attached hydrogens (tertiary/aromatic N) is 3. The Balaban J connectivity index is 1.53. The van der Waals surface area contributed by atoms with Crippen LogP contribution in [0.3, 0.4) is 0 Å². The molecule has 0 radical (unpaired) electrons. The summed E-state index contributed by atoms with van der Waals surface area (Å²) in [5.74, 6) is 0.579. The van der Waals surface area contributed by atoms with E-state index < -0.39 is 9.84 Å². The number of thioether (sulfide) groups is 1. The van der Waals surface area contributed by atoms with Crippen LogP contribution in [0.1, 0.15) is 50.4 Å². The summed E-state index contributed by atoms with van der Waals surface area (Å²) in [4.78, 5) is 19.9. The van der Waals surface area contributed by atoms with Crippen molar-refractivity contribution in [3.8, 4) is 5.69 Å². The molecule has 0 spiro atoms. The van der Waals surface area contributed by atoms with Crippen LogP contribution in [0.5, 0.6) is 0 Å². The highest BCUT2D eigenvalue weighted by Crippen LogP contribution is 2.31. The van der Waals surface area contributed by atoms with Crippen molar-refractivity contribution < 1.29 is 13.2 Å². The zero-order valence-electron chi connectivity index (χ0n) is 18.1. The minimum atomic E-state index is -3.03. The lowest BCUT2D eigenvalue weighted by Crippen LogP contribution is -2.42. The number of rotatable bonds is 8. The van der Waals surface area contributed by atoms with Gasteiger partial charge in [0.1, 0.15) is 0 Å². The number of benzene rings is 1. The number of carbonyl (C=O) groups is 1. The Kier molecular flexibility index (Phi) is 7.06. The zero-order chi connectivity index (χ0) is 21.8. The molecule has 0 N–H and O–H groups in total. The average molecular weight is 462 g/mol. The van der Waals surface area contributed by atoms with Gasteiger partial charge in [0.15, 0.2) is 15.0 Å². The van der Waals surface area contributed by atoms with Gasteiger partial charge in [0, 0.05) is 24.0 Å². The summed E-state index contributed by atoms with van der Waals surface area (Å²) in [5, 5.41) is 0.862. The van der Waals surface area contributed by atoms with Crippen molar-refractivity contribution in [2.24, 2.45) is 0 Å². The Morgan fingerprint density at radius 3 is 2.71 bits per heavy atom. The molecule has 31 heavy (non-hydrogen) atoms. The summed E-state index contributed by atoms with van der Waals surface area (Å²) < 4.78 is 26.2. The first-order valence-electron chi connectivity index (χ1n) is 11.3. The molecule has 1 fully saturated rings. The van der Waals surface area contributed by atoms with Crippen LogP contribution < -0.4 is 0 Å². The van der Waals surface area contributed by atoms with Crippen molar-refractivity contribution in [2.45, 2.75) is 63.1 Å². The molecule has 2 aromatic rings. The van der Waals surface area contributed by atoms with E-state index in [9.17, 15) is 13.2 Å². The minimum absolute atomic E-state index is 0.0149. The van der Waals surface area contributed by atoms with Crippen LogP contribution in [-0.4, -0.2) is 58.6 Å². The Bertz CT molecular complexity index is 1020. The molecule has 4 rings (SSSR count). The second-order valence-corrected chi connectivity index (χ2v) is 11.6. The van der Waals surface area contributed by atoms with Gasteiger partial charge in [-0.2, -0.15) is 0 Å². The van der Waals surface area contributed by atoms with Crippen molar-refractivity contribution in [3.63, 3.8) is 0 Å². The molecular formula is C23H31N3O3S2. The largest absolute Gasteiger partial charge is 0.338 e.